The third kappa shape index (κ3) is 2.53. The number of halogens is 3. The predicted octanol–water partition coefficient (Wildman–Crippen LogP) is 1.80. The van der Waals surface area contributed by atoms with Crippen molar-refractivity contribution in [1.29, 1.82) is 5.26 Å². The highest BCUT2D eigenvalue weighted by atomic mass is 19.2. The molecule has 0 unspecified atom stereocenters. The molecule has 4 nitrogen and oxygen atoms in total. The molecule has 0 aliphatic rings. The normalized spacial score (nSPS) is 9.94. The molecule has 0 fully saturated rings. The molecule has 1 rings (SSSR count). The first-order chi connectivity index (χ1) is 8.40. The smallest absolute Gasteiger partial charge is 0.256 e. The lowest BCUT2D eigenvalue weighted by Gasteiger charge is -2.16. The van der Waals surface area contributed by atoms with E-state index in [9.17, 15) is 18.0 Å². The van der Waals surface area contributed by atoms with Crippen LogP contribution in [0, 0.1) is 28.8 Å². The Kier molecular flexibility index (Phi) is 4.15. The predicted molar refractivity (Wildman–Crippen MR) is 55.2 cm³/mol. The Bertz CT molecular complexity index is 526. The monoisotopic (exact) mass is 258 g/mol. The zero-order valence-corrected chi connectivity index (χ0v) is 9.38. The molecule has 0 spiro atoms. The highest BCUT2D eigenvalue weighted by molar-refractivity contribution is 5.94. The summed E-state index contributed by atoms with van der Waals surface area (Å²) < 4.78 is 39.2. The topological polar surface area (TPSA) is 64.3 Å². The summed E-state index contributed by atoms with van der Waals surface area (Å²) in [5.74, 6) is -7.28. The second-order valence-corrected chi connectivity index (χ2v) is 3.52. The molecule has 18 heavy (non-hydrogen) atoms. The maximum absolute atomic E-state index is 13.4. The molecule has 0 saturated carbocycles. The van der Waals surface area contributed by atoms with Gasteiger partial charge in [0.15, 0.2) is 17.4 Å². The Labute approximate surface area is 101 Å². The van der Waals surface area contributed by atoms with Crippen molar-refractivity contribution in [3.05, 3.63) is 29.1 Å². The average molecular weight is 258 g/mol. The molecule has 0 aliphatic heterocycles. The van der Waals surface area contributed by atoms with Gasteiger partial charge in [-0.2, -0.15) is 9.65 Å². The van der Waals surface area contributed by atoms with E-state index in [-0.39, 0.29) is 13.0 Å². The number of hydrogen-bond acceptors (Lipinski definition) is 3. The van der Waals surface area contributed by atoms with Gasteiger partial charge in [-0.25, -0.2) is 8.78 Å². The molecule has 1 aromatic rings. The van der Waals surface area contributed by atoms with E-state index in [0.29, 0.717) is 6.07 Å². The lowest BCUT2D eigenvalue weighted by molar-refractivity contribution is 0.0791. The average Bonchev–Trinajstić information content (AvgIpc) is 2.36. The SMILES string of the molecule is CN(CCC#N)C(=O)c1cc(F)c(F)c(O)c1F. The standard InChI is InChI=1S/C11H9F3N2O2/c1-16(4-2-3-15)11(18)6-5-7(12)9(14)10(17)8(6)13/h5,17H,2,4H2,1H3. The Balaban J connectivity index is 3.11. The number of carbonyl (C=O) groups is 1. The van der Waals surface area contributed by atoms with Gasteiger partial charge in [0, 0.05) is 13.6 Å². The molecule has 0 saturated heterocycles. The van der Waals surface area contributed by atoms with Crippen LogP contribution >= 0.6 is 0 Å². The van der Waals surface area contributed by atoms with Crippen molar-refractivity contribution in [2.24, 2.45) is 0 Å². The number of nitrogens with zero attached hydrogens (tertiary/aromatic N) is 2. The Hall–Kier alpha value is -2.23. The van der Waals surface area contributed by atoms with Crippen LogP contribution in [0.5, 0.6) is 5.75 Å². The van der Waals surface area contributed by atoms with Crippen molar-refractivity contribution in [3.8, 4) is 11.8 Å². The number of amides is 1. The van der Waals surface area contributed by atoms with Crippen molar-refractivity contribution >= 4 is 5.91 Å². The first-order valence-electron chi connectivity index (χ1n) is 4.89. The van der Waals surface area contributed by atoms with Crippen molar-refractivity contribution in [2.75, 3.05) is 13.6 Å². The van der Waals surface area contributed by atoms with Crippen LogP contribution in [0.3, 0.4) is 0 Å². The summed E-state index contributed by atoms with van der Waals surface area (Å²) in [5, 5.41) is 17.3. The van der Waals surface area contributed by atoms with Gasteiger partial charge in [-0.15, -0.1) is 0 Å². The molecule has 0 aromatic heterocycles. The van der Waals surface area contributed by atoms with Crippen molar-refractivity contribution in [2.45, 2.75) is 6.42 Å². The molecular formula is C11H9F3N2O2. The Morgan fingerprint density at radius 3 is 2.61 bits per heavy atom. The molecule has 0 atom stereocenters. The summed E-state index contributed by atoms with van der Waals surface area (Å²) in [6, 6.07) is 2.15. The fourth-order valence-electron chi connectivity index (χ4n) is 1.27. The molecule has 1 N–H and O–H groups in total. The van der Waals surface area contributed by atoms with Crippen LogP contribution in [-0.4, -0.2) is 29.5 Å². The molecule has 1 amide bonds. The lowest BCUT2D eigenvalue weighted by atomic mass is 10.1. The van der Waals surface area contributed by atoms with Gasteiger partial charge in [0.05, 0.1) is 18.1 Å². The molecule has 7 heteroatoms. The third-order valence-corrected chi connectivity index (χ3v) is 2.27. The second-order valence-electron chi connectivity index (χ2n) is 3.52. The van der Waals surface area contributed by atoms with Gasteiger partial charge in [0.1, 0.15) is 0 Å². The van der Waals surface area contributed by atoms with Crippen molar-refractivity contribution in [3.63, 3.8) is 0 Å². The minimum absolute atomic E-state index is 0.00846. The van der Waals surface area contributed by atoms with Crippen LogP contribution < -0.4 is 0 Å². The molecular weight excluding hydrogens is 249 g/mol. The van der Waals surface area contributed by atoms with Gasteiger partial charge in [0.2, 0.25) is 5.82 Å². The van der Waals surface area contributed by atoms with Crippen LogP contribution in [0.1, 0.15) is 16.8 Å². The van der Waals surface area contributed by atoms with Gasteiger partial charge in [0.25, 0.3) is 5.91 Å². The van der Waals surface area contributed by atoms with E-state index in [0.717, 1.165) is 4.90 Å². The number of rotatable bonds is 3. The summed E-state index contributed by atoms with van der Waals surface area (Å²) in [5.41, 5.74) is -0.785. The van der Waals surface area contributed by atoms with Crippen LogP contribution in [0.25, 0.3) is 0 Å². The van der Waals surface area contributed by atoms with Crippen LogP contribution in [-0.2, 0) is 0 Å². The maximum Gasteiger partial charge on any atom is 0.256 e. The lowest BCUT2D eigenvalue weighted by Crippen LogP contribution is -2.28. The zero-order chi connectivity index (χ0) is 13.9. The summed E-state index contributed by atoms with van der Waals surface area (Å²) in [6.07, 6.45) is 0.0134. The minimum Gasteiger partial charge on any atom is -0.503 e. The van der Waals surface area contributed by atoms with E-state index in [4.69, 9.17) is 10.4 Å². The van der Waals surface area contributed by atoms with Crippen molar-refractivity contribution in [1.82, 2.24) is 4.90 Å². The van der Waals surface area contributed by atoms with Crippen LogP contribution in [0.2, 0.25) is 0 Å². The highest BCUT2D eigenvalue weighted by Crippen LogP contribution is 2.26. The number of hydrogen-bond donors (Lipinski definition) is 1. The molecule has 0 radical (unpaired) electrons. The molecule has 0 bridgehead atoms. The molecule has 0 aliphatic carbocycles. The number of phenols is 1. The van der Waals surface area contributed by atoms with E-state index in [1.807, 2.05) is 0 Å². The first kappa shape index (κ1) is 13.8. The van der Waals surface area contributed by atoms with Gasteiger partial charge < -0.3 is 10.0 Å². The fourth-order valence-corrected chi connectivity index (χ4v) is 1.27. The molecule has 0 heterocycles. The number of aromatic hydroxyl groups is 1. The summed E-state index contributed by atoms with van der Waals surface area (Å²) in [6.45, 7) is 0.00846. The Morgan fingerprint density at radius 2 is 2.06 bits per heavy atom. The quantitative estimate of drug-likeness (QED) is 0.841. The van der Waals surface area contributed by atoms with Gasteiger partial charge in [-0.3, -0.25) is 4.79 Å². The van der Waals surface area contributed by atoms with E-state index in [2.05, 4.69) is 0 Å². The van der Waals surface area contributed by atoms with Crippen LogP contribution in [0.4, 0.5) is 13.2 Å². The van der Waals surface area contributed by atoms with Crippen LogP contribution in [0.15, 0.2) is 6.07 Å². The summed E-state index contributed by atoms with van der Waals surface area (Å²) in [7, 11) is 1.28. The molecule has 96 valence electrons. The van der Waals surface area contributed by atoms with E-state index < -0.39 is 34.7 Å². The van der Waals surface area contributed by atoms with Gasteiger partial charge in [-0.05, 0) is 6.07 Å². The van der Waals surface area contributed by atoms with E-state index >= 15 is 0 Å². The number of benzene rings is 1. The number of phenolic OH excluding ortho intramolecular Hbond substituents is 1. The number of nitriles is 1. The van der Waals surface area contributed by atoms with E-state index in [1.54, 1.807) is 6.07 Å². The van der Waals surface area contributed by atoms with Gasteiger partial charge >= 0.3 is 0 Å². The molecule has 1 aromatic carbocycles. The highest BCUT2D eigenvalue weighted by Gasteiger charge is 2.24. The number of carbonyl (C=O) groups excluding carboxylic acids is 1. The zero-order valence-electron chi connectivity index (χ0n) is 9.38. The third-order valence-electron chi connectivity index (χ3n) is 2.27. The largest absolute Gasteiger partial charge is 0.503 e. The second kappa shape index (κ2) is 5.40. The van der Waals surface area contributed by atoms with Crippen molar-refractivity contribution < 1.29 is 23.1 Å². The summed E-state index contributed by atoms with van der Waals surface area (Å²) >= 11 is 0. The maximum atomic E-state index is 13.4. The van der Waals surface area contributed by atoms with E-state index in [1.165, 1.54) is 7.05 Å². The fraction of sp³-hybridized carbons (Fsp3) is 0.273. The Morgan fingerprint density at radius 1 is 1.44 bits per heavy atom. The van der Waals surface area contributed by atoms with Gasteiger partial charge in [-0.1, -0.05) is 0 Å². The minimum atomic E-state index is -1.75. The summed E-state index contributed by atoms with van der Waals surface area (Å²) in [4.78, 5) is 12.6. The first-order valence-corrected chi connectivity index (χ1v) is 4.89.